The number of rotatable bonds is 3. The number of nitrogens with one attached hydrogen (secondary N) is 1. The Labute approximate surface area is 157 Å². The number of hydrogen-bond donors (Lipinski definition) is 2. The van der Waals surface area contributed by atoms with Crippen LogP contribution < -0.4 is 5.32 Å². The van der Waals surface area contributed by atoms with Crippen LogP contribution in [0, 0.1) is 0 Å². The molecule has 2 rings (SSSR count). The molecule has 0 aromatic heterocycles. The second-order valence-corrected chi connectivity index (χ2v) is 6.14. The number of aromatic hydroxyl groups is 1. The summed E-state index contributed by atoms with van der Waals surface area (Å²) in [5.74, 6) is -0.669. The summed E-state index contributed by atoms with van der Waals surface area (Å²) in [5.41, 5.74) is -5.18. The lowest BCUT2D eigenvalue weighted by Gasteiger charge is -2.36. The lowest BCUT2D eigenvalue weighted by molar-refractivity contribution is -0.188. The van der Waals surface area contributed by atoms with Gasteiger partial charge in [0.2, 0.25) is 0 Å². The predicted molar refractivity (Wildman–Crippen MR) is 87.8 cm³/mol. The normalized spacial score (nSPS) is 17.4. The van der Waals surface area contributed by atoms with Crippen LogP contribution in [0.25, 0.3) is 0 Å². The molecule has 0 saturated carbocycles. The molecule has 1 saturated heterocycles. The van der Waals surface area contributed by atoms with E-state index in [0.29, 0.717) is 13.1 Å². The van der Waals surface area contributed by atoms with Crippen LogP contribution in [-0.4, -0.2) is 47.9 Å². The fourth-order valence-corrected chi connectivity index (χ4v) is 3.06. The van der Waals surface area contributed by atoms with Crippen molar-refractivity contribution < 1.29 is 31.4 Å². The van der Waals surface area contributed by atoms with E-state index in [1.54, 1.807) is 0 Å². The molecule has 0 amide bonds. The van der Waals surface area contributed by atoms with Gasteiger partial charge in [0.05, 0.1) is 0 Å². The topological polar surface area (TPSA) is 35.5 Å². The first-order chi connectivity index (χ1) is 10.6. The molecular formula is C13H16Cl2F6N2OS. The fraction of sp³-hybridized carbons (Fsp3) is 0.538. The highest BCUT2D eigenvalue weighted by Crippen LogP contribution is 2.44. The molecule has 0 radical (unpaired) electrons. The Morgan fingerprint density at radius 3 is 2.08 bits per heavy atom. The van der Waals surface area contributed by atoms with Crippen LogP contribution in [0.4, 0.5) is 26.3 Å². The van der Waals surface area contributed by atoms with Crippen LogP contribution in [0.2, 0.25) is 0 Å². The summed E-state index contributed by atoms with van der Waals surface area (Å²) in [5, 5.41) is 12.7. The number of halogens is 8. The monoisotopic (exact) mass is 432 g/mol. The molecule has 1 heterocycles. The van der Waals surface area contributed by atoms with E-state index in [-0.39, 0.29) is 37.9 Å². The minimum absolute atomic E-state index is 0. The van der Waals surface area contributed by atoms with Crippen molar-refractivity contribution in [3.63, 3.8) is 0 Å². The zero-order valence-corrected chi connectivity index (χ0v) is 15.0. The van der Waals surface area contributed by atoms with Crippen molar-refractivity contribution in [2.75, 3.05) is 26.2 Å². The van der Waals surface area contributed by atoms with Crippen LogP contribution in [0.5, 0.6) is 5.75 Å². The van der Waals surface area contributed by atoms with Gasteiger partial charge < -0.3 is 10.4 Å². The fourth-order valence-electron chi connectivity index (χ4n) is 2.47. The van der Waals surface area contributed by atoms with Crippen molar-refractivity contribution in [3.05, 3.63) is 23.8 Å². The number of nitrogens with zero attached hydrogens (tertiary/aromatic N) is 1. The number of hydrogen-bond acceptors (Lipinski definition) is 4. The Hall–Kier alpha value is -0.550. The van der Waals surface area contributed by atoms with Gasteiger partial charge in [-0.15, -0.1) is 24.8 Å². The number of phenolic OH excluding ortho intramolecular Hbond substituents is 1. The van der Waals surface area contributed by atoms with Gasteiger partial charge in [-0.05, 0) is 30.0 Å². The number of piperazine rings is 1. The van der Waals surface area contributed by atoms with Gasteiger partial charge in [0.15, 0.2) is 0 Å². The largest absolute Gasteiger partial charge is 0.508 e. The molecule has 1 aromatic carbocycles. The SMILES string of the molecule is Cl.Cl.Oc1ccc(SC(F)(F)F)cc1[C@@H](N1CCNCC1)C(F)(F)F. The summed E-state index contributed by atoms with van der Waals surface area (Å²) in [6, 6.07) is 0.429. The van der Waals surface area contributed by atoms with Crippen LogP contribution in [0.1, 0.15) is 11.6 Å². The maximum Gasteiger partial charge on any atom is 0.446 e. The highest BCUT2D eigenvalue weighted by atomic mass is 35.5. The van der Waals surface area contributed by atoms with E-state index < -0.39 is 45.7 Å². The van der Waals surface area contributed by atoms with Crippen molar-refractivity contribution in [1.82, 2.24) is 10.2 Å². The van der Waals surface area contributed by atoms with E-state index in [2.05, 4.69) is 5.32 Å². The number of thioether (sulfide) groups is 1. The summed E-state index contributed by atoms with van der Waals surface area (Å²) in [6.45, 7) is 0.842. The molecule has 0 aliphatic carbocycles. The molecule has 0 bridgehead atoms. The lowest BCUT2D eigenvalue weighted by atomic mass is 10.0. The van der Waals surface area contributed by atoms with Gasteiger partial charge >= 0.3 is 11.7 Å². The minimum atomic E-state index is -4.71. The second kappa shape index (κ2) is 9.40. The highest BCUT2D eigenvalue weighted by molar-refractivity contribution is 8.00. The third-order valence-corrected chi connectivity index (χ3v) is 4.08. The molecular weight excluding hydrogens is 417 g/mol. The van der Waals surface area contributed by atoms with Gasteiger partial charge in [-0.25, -0.2) is 0 Å². The smallest absolute Gasteiger partial charge is 0.446 e. The maximum absolute atomic E-state index is 13.4. The average Bonchev–Trinajstić information content (AvgIpc) is 2.41. The van der Waals surface area contributed by atoms with E-state index in [0.717, 1.165) is 23.1 Å². The third-order valence-electron chi connectivity index (χ3n) is 3.35. The number of benzene rings is 1. The molecule has 0 spiro atoms. The molecule has 1 atom stereocenters. The summed E-state index contributed by atoms with van der Waals surface area (Å²) in [6.07, 6.45) is -4.71. The zero-order valence-electron chi connectivity index (χ0n) is 12.5. The van der Waals surface area contributed by atoms with E-state index in [1.165, 1.54) is 0 Å². The third kappa shape index (κ3) is 6.93. The van der Waals surface area contributed by atoms with Crippen LogP contribution in [-0.2, 0) is 0 Å². The van der Waals surface area contributed by atoms with Gasteiger partial charge in [0, 0.05) is 36.6 Å². The number of phenols is 1. The summed E-state index contributed by atoms with van der Waals surface area (Å²) < 4.78 is 77.6. The molecule has 12 heteroatoms. The van der Waals surface area contributed by atoms with E-state index in [9.17, 15) is 31.4 Å². The zero-order chi connectivity index (χ0) is 17.3. The average molecular weight is 433 g/mol. The molecule has 3 nitrogen and oxygen atoms in total. The molecule has 0 unspecified atom stereocenters. The van der Waals surface area contributed by atoms with Crippen molar-refractivity contribution in [1.29, 1.82) is 0 Å². The Morgan fingerprint density at radius 1 is 1.04 bits per heavy atom. The molecule has 1 aliphatic rings. The standard InChI is InChI=1S/C13H14F6N2OS.2ClH/c14-12(15,16)11(21-5-3-20-4-6-21)9-7-8(1-2-10(9)22)23-13(17,18)19;;/h1-2,7,11,20,22H,3-6H2;2*1H/t11-;;/m1../s1. The van der Waals surface area contributed by atoms with Gasteiger partial charge in [0.25, 0.3) is 0 Å². The van der Waals surface area contributed by atoms with E-state index in [1.807, 2.05) is 0 Å². The van der Waals surface area contributed by atoms with Crippen molar-refractivity contribution in [3.8, 4) is 5.75 Å². The van der Waals surface area contributed by atoms with E-state index in [4.69, 9.17) is 0 Å². The molecule has 25 heavy (non-hydrogen) atoms. The Kier molecular flexibility index (Phi) is 9.20. The lowest BCUT2D eigenvalue weighted by Crippen LogP contribution is -2.49. The minimum Gasteiger partial charge on any atom is -0.508 e. The first-order valence-electron chi connectivity index (χ1n) is 6.68. The summed E-state index contributed by atoms with van der Waals surface area (Å²) >= 11 is -0.511. The summed E-state index contributed by atoms with van der Waals surface area (Å²) in [4.78, 5) is 0.711. The first kappa shape index (κ1) is 24.5. The Morgan fingerprint density at radius 2 is 1.60 bits per heavy atom. The van der Waals surface area contributed by atoms with Gasteiger partial charge in [0.1, 0.15) is 11.8 Å². The Bertz CT molecular complexity index is 552. The maximum atomic E-state index is 13.4. The van der Waals surface area contributed by atoms with Gasteiger partial charge in [-0.3, -0.25) is 4.90 Å². The molecule has 1 aliphatic heterocycles. The predicted octanol–water partition coefficient (Wildman–Crippen LogP) is 4.36. The highest BCUT2D eigenvalue weighted by Gasteiger charge is 2.46. The molecule has 1 fully saturated rings. The van der Waals surface area contributed by atoms with Crippen molar-refractivity contribution in [2.24, 2.45) is 0 Å². The van der Waals surface area contributed by atoms with Crippen LogP contribution >= 0.6 is 36.6 Å². The van der Waals surface area contributed by atoms with Gasteiger partial charge in [-0.2, -0.15) is 26.3 Å². The second-order valence-electron chi connectivity index (χ2n) is 5.00. The Balaban J connectivity index is 0.00000288. The quantitative estimate of drug-likeness (QED) is 0.549. The summed E-state index contributed by atoms with van der Waals surface area (Å²) in [7, 11) is 0. The molecule has 146 valence electrons. The van der Waals surface area contributed by atoms with Crippen molar-refractivity contribution >= 4 is 36.6 Å². The molecule has 1 aromatic rings. The van der Waals surface area contributed by atoms with E-state index >= 15 is 0 Å². The van der Waals surface area contributed by atoms with Crippen LogP contribution in [0.15, 0.2) is 23.1 Å². The first-order valence-corrected chi connectivity index (χ1v) is 7.50. The van der Waals surface area contributed by atoms with Crippen molar-refractivity contribution in [2.45, 2.75) is 22.6 Å². The van der Waals surface area contributed by atoms with Crippen LogP contribution in [0.3, 0.4) is 0 Å². The molecule has 2 N–H and O–H groups in total. The number of alkyl halides is 6. The van der Waals surface area contributed by atoms with Gasteiger partial charge in [-0.1, -0.05) is 0 Å².